The van der Waals surface area contributed by atoms with Crippen molar-refractivity contribution in [2.45, 2.75) is 210 Å². The van der Waals surface area contributed by atoms with Gasteiger partial charge >= 0.3 is 5.97 Å². The summed E-state index contributed by atoms with van der Waals surface area (Å²) < 4.78 is 75.1. The summed E-state index contributed by atoms with van der Waals surface area (Å²) in [5, 5.41) is 67.7. The molecule has 2 aromatic carbocycles. The molecule has 3 saturated heterocycles. The van der Waals surface area contributed by atoms with Gasteiger partial charge in [-0.25, -0.2) is 8.42 Å². The molecule has 0 saturated carbocycles. The summed E-state index contributed by atoms with van der Waals surface area (Å²) in [6.45, 7) is 20.0. The van der Waals surface area contributed by atoms with E-state index in [1.54, 1.807) is 91.8 Å². The number of ether oxygens (including phenoxy) is 7. The quantitative estimate of drug-likeness (QED) is 0.0917. The molecule has 7 N–H and O–H groups in total. The molecule has 0 aliphatic carbocycles. The smallest absolute Gasteiger partial charge is 0.311 e. The molecule has 410 valence electrons. The topological polar surface area (TPSA) is 244 Å². The zero-order valence-electron chi connectivity index (χ0n) is 44.8. The van der Waals surface area contributed by atoms with Crippen LogP contribution in [0, 0.1) is 17.8 Å². The Morgan fingerprint density at radius 3 is 2.14 bits per heavy atom. The minimum atomic E-state index is -4.31. The number of nitrogens with one attached hydrogen (secondary N) is 2. The highest BCUT2D eigenvalue weighted by atomic mass is 32.2. The van der Waals surface area contributed by atoms with Crippen molar-refractivity contribution in [3.63, 3.8) is 0 Å². The molecule has 0 spiro atoms. The van der Waals surface area contributed by atoms with Crippen LogP contribution in [0.3, 0.4) is 0 Å². The van der Waals surface area contributed by atoms with Crippen molar-refractivity contribution < 1.29 is 71.9 Å². The Hall–Kier alpha value is -2.86. The Balaban J connectivity index is 1.62. The summed E-state index contributed by atoms with van der Waals surface area (Å²) in [4.78, 5) is 14.6. The number of rotatable bonds is 16. The van der Waals surface area contributed by atoms with E-state index < -0.39 is 118 Å². The van der Waals surface area contributed by atoms with Crippen LogP contribution in [0.25, 0.3) is 0 Å². The van der Waals surface area contributed by atoms with Gasteiger partial charge < -0.3 is 69.3 Å². The molecular weight excluding hydrogens is 951 g/mol. The SMILES string of the molecule is CCCNC[C@]1(O)[C@H](C)O[C@@H](O[C@H]2[C@H](C)[C@@H](O[C@@H]3O[C@H](C)C[C@H](N(Cc4ccccc4)S(=O)(=O)c4ccc(OC)cc4)[C@H]3O)[C@](C)(O)C[C@@H](C)CN[C@H](C)[C@@H](O)[C@](C)(O)[C@@H](CC)OC(=O)[C@@H]2C)C[C@@]1(C)OC. The minimum absolute atomic E-state index is 0.00763. The summed E-state index contributed by atoms with van der Waals surface area (Å²) >= 11 is 0. The van der Waals surface area contributed by atoms with Gasteiger partial charge in [-0.3, -0.25) is 4.79 Å². The van der Waals surface area contributed by atoms with E-state index in [0.29, 0.717) is 17.9 Å². The highest BCUT2D eigenvalue weighted by Gasteiger charge is 2.58. The minimum Gasteiger partial charge on any atom is -0.497 e. The van der Waals surface area contributed by atoms with Gasteiger partial charge in [0.2, 0.25) is 10.0 Å². The average molecular weight is 1040 g/mol. The molecule has 5 rings (SSSR count). The van der Waals surface area contributed by atoms with Crippen molar-refractivity contribution >= 4 is 16.0 Å². The standard InChI is InChI=1S/C53H87N3O15S/c1-14-25-54-31-53(62)37(8)68-43(28-51(53,10)66-13)70-45-34(5)47(50(9,60)27-32(3)29-55-36(7)46(58)52(11,61)42(15-2)69-48(59)35(45)6)71-49-44(57)41(26-33(4)67-49)56(30-38-19-17-16-18-20-38)72(63,64)40-23-21-39(65-12)22-24-40/h16-24,32-37,41-47,49,54-55,57-58,60-62H,14-15,25-31H2,1-13H3/t32-,33-,34+,35-,36-,37+,41+,42-,43+,44-,45+,46-,47-,49+,50-,51-,52-,53+/m1/s1. The van der Waals surface area contributed by atoms with Gasteiger partial charge in [0.1, 0.15) is 40.9 Å². The van der Waals surface area contributed by atoms with Crippen LogP contribution in [0.4, 0.5) is 0 Å². The lowest BCUT2D eigenvalue weighted by atomic mass is 9.75. The molecule has 0 unspecified atom stereocenters. The second-order valence-corrected chi connectivity index (χ2v) is 23.3. The third kappa shape index (κ3) is 13.4. The number of sulfonamides is 1. The van der Waals surface area contributed by atoms with Crippen LogP contribution < -0.4 is 15.4 Å². The van der Waals surface area contributed by atoms with E-state index in [-0.39, 0.29) is 56.1 Å². The van der Waals surface area contributed by atoms with Gasteiger partial charge in [0.05, 0.1) is 54.0 Å². The number of carbonyl (C=O) groups excluding carboxylic acids is 1. The first-order chi connectivity index (χ1) is 33.7. The molecule has 3 fully saturated rings. The van der Waals surface area contributed by atoms with Crippen molar-refractivity contribution in [3.8, 4) is 5.75 Å². The fourth-order valence-electron chi connectivity index (χ4n) is 11.0. The Bertz CT molecular complexity index is 2120. The third-order valence-electron chi connectivity index (χ3n) is 15.6. The van der Waals surface area contributed by atoms with Crippen LogP contribution in [0.2, 0.25) is 0 Å². The number of hydrogen-bond donors (Lipinski definition) is 7. The van der Waals surface area contributed by atoms with Crippen molar-refractivity contribution in [3.05, 3.63) is 60.2 Å². The molecule has 3 aliphatic heterocycles. The zero-order chi connectivity index (χ0) is 53.6. The predicted octanol–water partition coefficient (Wildman–Crippen LogP) is 4.27. The van der Waals surface area contributed by atoms with Crippen molar-refractivity contribution in [1.29, 1.82) is 0 Å². The molecule has 0 aromatic heterocycles. The van der Waals surface area contributed by atoms with E-state index in [4.69, 9.17) is 33.2 Å². The number of hydrogen-bond acceptors (Lipinski definition) is 17. The van der Waals surface area contributed by atoms with Gasteiger partial charge in [0.25, 0.3) is 0 Å². The van der Waals surface area contributed by atoms with Crippen LogP contribution in [0.1, 0.15) is 114 Å². The number of carbonyl (C=O) groups is 1. The van der Waals surface area contributed by atoms with E-state index in [9.17, 15) is 38.7 Å². The van der Waals surface area contributed by atoms with Crippen molar-refractivity contribution in [1.82, 2.24) is 14.9 Å². The highest BCUT2D eigenvalue weighted by Crippen LogP contribution is 2.44. The fraction of sp³-hybridized carbons (Fsp3) is 0.755. The molecule has 72 heavy (non-hydrogen) atoms. The molecule has 0 radical (unpaired) electrons. The predicted molar refractivity (Wildman–Crippen MR) is 270 cm³/mol. The molecule has 19 heteroatoms. The first-order valence-corrected chi connectivity index (χ1v) is 27.2. The molecule has 3 aliphatic rings. The van der Waals surface area contributed by atoms with Gasteiger partial charge in [-0.1, -0.05) is 58.0 Å². The number of esters is 1. The van der Waals surface area contributed by atoms with E-state index in [1.165, 1.54) is 37.6 Å². The lowest BCUT2D eigenvalue weighted by molar-refractivity contribution is -0.336. The Morgan fingerprint density at radius 1 is 0.889 bits per heavy atom. The lowest BCUT2D eigenvalue weighted by Crippen LogP contribution is -2.70. The average Bonchev–Trinajstić information content (AvgIpc) is 3.34. The molecule has 18 nitrogen and oxygen atoms in total. The van der Waals surface area contributed by atoms with Crippen molar-refractivity contribution in [2.75, 3.05) is 33.9 Å². The zero-order valence-corrected chi connectivity index (χ0v) is 45.6. The first kappa shape index (κ1) is 60.0. The maximum atomic E-state index is 14.8. The third-order valence-corrected chi connectivity index (χ3v) is 17.5. The molecule has 2 aromatic rings. The maximum absolute atomic E-state index is 14.8. The Morgan fingerprint density at radius 2 is 1.54 bits per heavy atom. The summed E-state index contributed by atoms with van der Waals surface area (Å²) in [7, 11) is -1.32. The van der Waals surface area contributed by atoms with E-state index in [1.807, 2.05) is 19.9 Å². The van der Waals surface area contributed by atoms with Crippen LogP contribution in [-0.4, -0.2) is 168 Å². The first-order valence-electron chi connectivity index (χ1n) is 25.8. The van der Waals surface area contributed by atoms with Gasteiger partial charge in [-0.15, -0.1) is 0 Å². The number of cyclic esters (lactones) is 1. The molecule has 18 atom stereocenters. The highest BCUT2D eigenvalue weighted by molar-refractivity contribution is 7.89. The van der Waals surface area contributed by atoms with Gasteiger partial charge in [-0.05, 0) is 123 Å². The van der Waals surface area contributed by atoms with Gasteiger partial charge in [0.15, 0.2) is 12.6 Å². The number of aliphatic hydroxyl groups is 5. The van der Waals surface area contributed by atoms with E-state index in [0.717, 1.165) is 6.42 Å². The maximum Gasteiger partial charge on any atom is 0.311 e. The second kappa shape index (κ2) is 24.9. The number of benzene rings is 2. The largest absolute Gasteiger partial charge is 0.497 e. The number of aliphatic hydroxyl groups excluding tert-OH is 2. The van der Waals surface area contributed by atoms with Crippen LogP contribution in [0.15, 0.2) is 59.5 Å². The Labute approximate surface area is 428 Å². The Kier molecular flexibility index (Phi) is 20.7. The summed E-state index contributed by atoms with van der Waals surface area (Å²) in [6.07, 6.45) is -9.67. The second-order valence-electron chi connectivity index (χ2n) is 21.4. The lowest BCUT2D eigenvalue weighted by Gasteiger charge is -2.53. The van der Waals surface area contributed by atoms with E-state index >= 15 is 0 Å². The molecule has 3 heterocycles. The van der Waals surface area contributed by atoms with E-state index in [2.05, 4.69) is 10.6 Å². The monoisotopic (exact) mass is 1040 g/mol. The van der Waals surface area contributed by atoms with Crippen LogP contribution in [-0.2, 0) is 49.8 Å². The molecule has 0 bridgehead atoms. The molecular formula is C53H87N3O15S. The van der Waals surface area contributed by atoms with Gasteiger partial charge in [-0.2, -0.15) is 4.31 Å². The normalized spacial score (nSPS) is 40.0. The number of methoxy groups -OCH3 is 2. The van der Waals surface area contributed by atoms with Crippen LogP contribution >= 0.6 is 0 Å². The van der Waals surface area contributed by atoms with Crippen molar-refractivity contribution in [2.24, 2.45) is 17.8 Å². The fourth-order valence-corrected chi connectivity index (χ4v) is 12.6. The molecule has 0 amide bonds. The van der Waals surface area contributed by atoms with Crippen LogP contribution in [0.5, 0.6) is 5.75 Å². The van der Waals surface area contributed by atoms with Gasteiger partial charge in [0, 0.05) is 38.6 Å². The summed E-state index contributed by atoms with van der Waals surface area (Å²) in [5.74, 6) is -2.75. The number of nitrogens with zero attached hydrogens (tertiary/aromatic N) is 1. The summed E-state index contributed by atoms with van der Waals surface area (Å²) in [5.41, 5.74) is -5.74. The summed E-state index contributed by atoms with van der Waals surface area (Å²) in [6, 6.07) is 13.3.